The number of hydrogen-bond acceptors (Lipinski definition) is 5. The number of piperidine rings is 1. The molecule has 0 aliphatic carbocycles. The Kier molecular flexibility index (Phi) is 7.46. The van der Waals surface area contributed by atoms with Crippen molar-refractivity contribution < 1.29 is 22.7 Å². The highest BCUT2D eigenvalue weighted by atomic mass is 32.2. The Morgan fingerprint density at radius 1 is 1.06 bits per heavy atom. The summed E-state index contributed by atoms with van der Waals surface area (Å²) in [4.78, 5) is 11.8. The number of sulfonamides is 1. The molecule has 2 aromatic carbocycles. The quantitative estimate of drug-likeness (QED) is 0.707. The summed E-state index contributed by atoms with van der Waals surface area (Å²) in [5.74, 6) is 0.736. The maximum absolute atomic E-state index is 12.2. The first-order chi connectivity index (χ1) is 15.0. The lowest BCUT2D eigenvalue weighted by molar-refractivity contribution is 0.0523. The minimum atomic E-state index is -3.33. The third kappa shape index (κ3) is 7.24. The van der Waals surface area contributed by atoms with Gasteiger partial charge in [-0.25, -0.2) is 13.2 Å². The molecule has 32 heavy (non-hydrogen) atoms. The molecule has 2 unspecified atom stereocenters. The highest BCUT2D eigenvalue weighted by Crippen LogP contribution is 2.30. The molecule has 2 aromatic rings. The zero-order valence-electron chi connectivity index (χ0n) is 19.1. The fourth-order valence-electron chi connectivity index (χ4n) is 3.70. The Morgan fingerprint density at radius 2 is 1.72 bits per heavy atom. The van der Waals surface area contributed by atoms with E-state index in [1.807, 2.05) is 75.4 Å². The van der Waals surface area contributed by atoms with E-state index in [9.17, 15) is 13.2 Å². The van der Waals surface area contributed by atoms with Crippen LogP contribution in [0.15, 0.2) is 54.6 Å². The smallest absolute Gasteiger partial charge is 0.407 e. The van der Waals surface area contributed by atoms with E-state index in [0.717, 1.165) is 17.5 Å². The lowest BCUT2D eigenvalue weighted by atomic mass is 9.90. The number of carbonyl (C=O) groups excluding carboxylic acids is 1. The first-order valence-corrected chi connectivity index (χ1v) is 12.6. The van der Waals surface area contributed by atoms with Gasteiger partial charge < -0.3 is 14.8 Å². The van der Waals surface area contributed by atoms with E-state index in [-0.39, 0.29) is 12.0 Å². The molecule has 1 heterocycles. The van der Waals surface area contributed by atoms with Gasteiger partial charge in [-0.1, -0.05) is 42.5 Å². The monoisotopic (exact) mass is 460 g/mol. The van der Waals surface area contributed by atoms with Gasteiger partial charge in [-0.2, -0.15) is 4.31 Å². The van der Waals surface area contributed by atoms with Gasteiger partial charge in [0.2, 0.25) is 10.0 Å². The Balaban J connectivity index is 1.63. The number of alkyl carbamates (subject to hydrolysis) is 1. The van der Waals surface area contributed by atoms with E-state index < -0.39 is 21.7 Å². The van der Waals surface area contributed by atoms with E-state index in [1.165, 1.54) is 10.6 Å². The summed E-state index contributed by atoms with van der Waals surface area (Å²) < 4.78 is 37.4. The van der Waals surface area contributed by atoms with Gasteiger partial charge in [0.05, 0.1) is 12.8 Å². The zero-order chi connectivity index (χ0) is 23.4. The Bertz CT molecular complexity index is 1000. The molecule has 0 radical (unpaired) electrons. The van der Waals surface area contributed by atoms with Crippen molar-refractivity contribution in [3.8, 4) is 5.75 Å². The second-order valence-electron chi connectivity index (χ2n) is 9.16. The number of rotatable bonds is 6. The molecule has 1 aliphatic heterocycles. The van der Waals surface area contributed by atoms with Gasteiger partial charge in [0.15, 0.2) is 0 Å². The van der Waals surface area contributed by atoms with Crippen LogP contribution in [0.3, 0.4) is 0 Å². The summed E-state index contributed by atoms with van der Waals surface area (Å²) in [5, 5.41) is 2.73. The molecule has 0 saturated carbocycles. The first-order valence-electron chi connectivity index (χ1n) is 10.7. The van der Waals surface area contributed by atoms with E-state index in [1.54, 1.807) is 0 Å². The summed E-state index contributed by atoms with van der Waals surface area (Å²) in [6, 6.07) is 17.4. The van der Waals surface area contributed by atoms with E-state index >= 15 is 0 Å². The van der Waals surface area contributed by atoms with Crippen LogP contribution in [0.2, 0.25) is 0 Å². The molecule has 8 heteroatoms. The molecule has 1 fully saturated rings. The number of carbonyl (C=O) groups is 1. The molecule has 1 aliphatic rings. The number of benzene rings is 2. The Morgan fingerprint density at radius 3 is 2.31 bits per heavy atom. The molecule has 1 amide bonds. The van der Waals surface area contributed by atoms with Crippen LogP contribution in [0, 0.1) is 0 Å². The predicted molar refractivity (Wildman–Crippen MR) is 124 cm³/mol. The van der Waals surface area contributed by atoms with E-state index in [0.29, 0.717) is 25.4 Å². The SMILES string of the molecule is CC(C)(C)OC(=O)NCc1ccc(OC2CC(c3ccccc3)CN(S(C)(=O)=O)C2)cc1. The zero-order valence-corrected chi connectivity index (χ0v) is 19.9. The number of ether oxygens (including phenoxy) is 2. The first kappa shape index (κ1) is 24.1. The fraction of sp³-hybridized carbons (Fsp3) is 0.458. The molecule has 0 spiro atoms. The topological polar surface area (TPSA) is 84.9 Å². The number of amides is 1. The van der Waals surface area contributed by atoms with Gasteiger partial charge >= 0.3 is 6.09 Å². The molecular formula is C24H32N2O5S. The van der Waals surface area contributed by atoms with Gasteiger partial charge in [0.25, 0.3) is 0 Å². The summed E-state index contributed by atoms with van der Waals surface area (Å²) >= 11 is 0. The van der Waals surface area contributed by atoms with Crippen LogP contribution >= 0.6 is 0 Å². The lowest BCUT2D eigenvalue weighted by Gasteiger charge is -2.36. The van der Waals surface area contributed by atoms with Crippen LogP contribution in [0.4, 0.5) is 4.79 Å². The fourth-order valence-corrected chi connectivity index (χ4v) is 4.59. The molecular weight excluding hydrogens is 428 g/mol. The van der Waals surface area contributed by atoms with Crippen molar-refractivity contribution in [3.63, 3.8) is 0 Å². The number of nitrogens with zero attached hydrogens (tertiary/aromatic N) is 1. The molecule has 7 nitrogen and oxygen atoms in total. The molecule has 1 saturated heterocycles. The van der Waals surface area contributed by atoms with E-state index in [2.05, 4.69) is 5.32 Å². The van der Waals surface area contributed by atoms with Crippen molar-refractivity contribution in [3.05, 3.63) is 65.7 Å². The molecule has 2 atom stereocenters. The van der Waals surface area contributed by atoms with Crippen molar-refractivity contribution in [1.82, 2.24) is 9.62 Å². The van der Waals surface area contributed by atoms with Gasteiger partial charge in [-0.05, 0) is 50.5 Å². The molecule has 0 aromatic heterocycles. The summed E-state index contributed by atoms with van der Waals surface area (Å²) in [6.07, 6.45) is 1.25. The van der Waals surface area contributed by atoms with Crippen LogP contribution in [0.5, 0.6) is 5.75 Å². The summed E-state index contributed by atoms with van der Waals surface area (Å²) in [7, 11) is -3.33. The Hall–Kier alpha value is -2.58. The van der Waals surface area contributed by atoms with Crippen LogP contribution in [-0.2, 0) is 21.3 Å². The average Bonchev–Trinajstić information content (AvgIpc) is 2.72. The predicted octanol–water partition coefficient (Wildman–Crippen LogP) is 3.91. The normalized spacial score (nSPS) is 19.9. The number of hydrogen-bond donors (Lipinski definition) is 1. The molecule has 1 N–H and O–H groups in total. The second-order valence-corrected chi connectivity index (χ2v) is 11.1. The standard InChI is InChI=1S/C24H32N2O5S/c1-24(2,3)31-23(27)25-15-18-10-12-21(13-11-18)30-22-14-20(19-8-6-5-7-9-19)16-26(17-22)32(4,28)29/h5-13,20,22H,14-17H2,1-4H3,(H,25,27). The van der Waals surface area contributed by atoms with Crippen molar-refractivity contribution in [1.29, 1.82) is 0 Å². The maximum Gasteiger partial charge on any atom is 0.407 e. The Labute approximate surface area is 190 Å². The minimum absolute atomic E-state index is 0.0713. The maximum atomic E-state index is 12.2. The van der Waals surface area contributed by atoms with Crippen LogP contribution in [0.25, 0.3) is 0 Å². The van der Waals surface area contributed by atoms with Crippen LogP contribution < -0.4 is 10.1 Å². The minimum Gasteiger partial charge on any atom is -0.489 e. The van der Waals surface area contributed by atoms with Crippen molar-refractivity contribution in [2.75, 3.05) is 19.3 Å². The summed E-state index contributed by atoms with van der Waals surface area (Å²) in [5.41, 5.74) is 1.48. The van der Waals surface area contributed by atoms with Crippen molar-refractivity contribution >= 4 is 16.1 Å². The van der Waals surface area contributed by atoms with Crippen LogP contribution in [0.1, 0.15) is 44.2 Å². The van der Waals surface area contributed by atoms with E-state index in [4.69, 9.17) is 9.47 Å². The lowest BCUT2D eigenvalue weighted by Crippen LogP contribution is -2.47. The van der Waals surface area contributed by atoms with Gasteiger partial charge in [-0.3, -0.25) is 0 Å². The van der Waals surface area contributed by atoms with Gasteiger partial charge in [-0.15, -0.1) is 0 Å². The third-order valence-corrected chi connectivity index (χ3v) is 6.42. The average molecular weight is 461 g/mol. The second kappa shape index (κ2) is 9.92. The third-order valence-electron chi connectivity index (χ3n) is 5.18. The summed E-state index contributed by atoms with van der Waals surface area (Å²) in [6.45, 7) is 6.57. The molecule has 174 valence electrons. The van der Waals surface area contributed by atoms with Crippen LogP contribution in [-0.4, -0.2) is 49.9 Å². The van der Waals surface area contributed by atoms with Gasteiger partial charge in [0, 0.05) is 19.0 Å². The molecule has 3 rings (SSSR count). The number of nitrogens with one attached hydrogen (secondary N) is 1. The highest BCUT2D eigenvalue weighted by Gasteiger charge is 2.33. The highest BCUT2D eigenvalue weighted by molar-refractivity contribution is 7.88. The van der Waals surface area contributed by atoms with Gasteiger partial charge in [0.1, 0.15) is 17.5 Å². The van der Waals surface area contributed by atoms with Crippen molar-refractivity contribution in [2.45, 2.75) is 51.4 Å². The molecule has 0 bridgehead atoms. The van der Waals surface area contributed by atoms with Crippen molar-refractivity contribution in [2.24, 2.45) is 0 Å². The largest absolute Gasteiger partial charge is 0.489 e.